The topological polar surface area (TPSA) is 29.6 Å². The number of ether oxygens (including phenoxy) is 1. The van der Waals surface area contributed by atoms with E-state index in [1.54, 1.807) is 6.07 Å². The van der Waals surface area contributed by atoms with Crippen molar-refractivity contribution in [2.45, 2.75) is 12.5 Å². The molecule has 1 radical (unpaired) electrons. The van der Waals surface area contributed by atoms with Crippen LogP contribution >= 0.6 is 0 Å². The molecule has 0 saturated carbocycles. The van der Waals surface area contributed by atoms with Crippen LogP contribution in [0.15, 0.2) is 24.3 Å². The summed E-state index contributed by atoms with van der Waals surface area (Å²) in [5.41, 5.74) is 1.70. The van der Waals surface area contributed by atoms with E-state index < -0.39 is 0 Å². The first-order valence-corrected chi connectivity index (χ1v) is 3.98. The summed E-state index contributed by atoms with van der Waals surface area (Å²) < 4.78 is 5.08. The fourth-order valence-electron chi connectivity index (χ4n) is 1.23. The number of rotatable bonds is 3. The summed E-state index contributed by atoms with van der Waals surface area (Å²) >= 11 is 0. The predicted octanol–water partition coefficient (Wildman–Crippen LogP) is 1.09. The molecule has 0 aromatic heterocycles. The SMILES string of the molecule is O=[C]c1ccccc1CC1CO1. The fraction of sp³-hybridized carbons (Fsp3) is 0.300. The lowest BCUT2D eigenvalue weighted by Crippen LogP contribution is -1.97. The molecule has 0 aliphatic carbocycles. The van der Waals surface area contributed by atoms with Crippen molar-refractivity contribution >= 4 is 6.29 Å². The van der Waals surface area contributed by atoms with E-state index in [1.807, 2.05) is 24.5 Å². The molecule has 1 fully saturated rings. The van der Waals surface area contributed by atoms with Gasteiger partial charge < -0.3 is 4.74 Å². The standard InChI is InChI=1S/C10H9O2/c11-6-9-4-2-1-3-8(9)5-10-7-12-10/h1-4,10H,5,7H2. The van der Waals surface area contributed by atoms with Crippen LogP contribution in [0, 0.1) is 0 Å². The second-order valence-corrected chi connectivity index (χ2v) is 2.92. The lowest BCUT2D eigenvalue weighted by Gasteiger charge is -1.99. The molecule has 12 heavy (non-hydrogen) atoms. The number of hydrogen-bond acceptors (Lipinski definition) is 2. The molecule has 1 aromatic rings. The fourth-order valence-corrected chi connectivity index (χ4v) is 1.23. The lowest BCUT2D eigenvalue weighted by atomic mass is 10.0. The zero-order chi connectivity index (χ0) is 8.39. The first kappa shape index (κ1) is 7.50. The molecule has 0 spiro atoms. The molecule has 2 heteroatoms. The summed E-state index contributed by atoms with van der Waals surface area (Å²) in [6.07, 6.45) is 3.09. The molecule has 2 rings (SSSR count). The van der Waals surface area contributed by atoms with Gasteiger partial charge in [0.2, 0.25) is 6.29 Å². The maximum atomic E-state index is 10.5. The number of carbonyl (C=O) groups excluding carboxylic acids is 1. The molecular weight excluding hydrogens is 152 g/mol. The van der Waals surface area contributed by atoms with Crippen molar-refractivity contribution in [2.75, 3.05) is 6.61 Å². The van der Waals surface area contributed by atoms with Gasteiger partial charge in [-0.1, -0.05) is 24.3 Å². The Hall–Kier alpha value is -1.15. The molecule has 0 N–H and O–H groups in total. The molecule has 1 heterocycles. The van der Waals surface area contributed by atoms with Crippen LogP contribution in [0.2, 0.25) is 0 Å². The lowest BCUT2D eigenvalue weighted by molar-refractivity contribution is 0.407. The van der Waals surface area contributed by atoms with Gasteiger partial charge in [0.15, 0.2) is 0 Å². The monoisotopic (exact) mass is 161 g/mol. The highest BCUT2D eigenvalue weighted by atomic mass is 16.6. The van der Waals surface area contributed by atoms with Gasteiger partial charge in [0.25, 0.3) is 0 Å². The molecule has 0 amide bonds. The van der Waals surface area contributed by atoms with E-state index in [-0.39, 0.29) is 0 Å². The zero-order valence-corrected chi connectivity index (χ0v) is 6.62. The van der Waals surface area contributed by atoms with Crippen molar-refractivity contribution in [3.8, 4) is 0 Å². The third-order valence-corrected chi connectivity index (χ3v) is 1.98. The molecular formula is C10H9O2. The Kier molecular flexibility index (Phi) is 1.92. The largest absolute Gasteiger partial charge is 0.373 e. The first-order chi connectivity index (χ1) is 5.90. The maximum absolute atomic E-state index is 10.5. The Bertz CT molecular complexity index is 290. The van der Waals surface area contributed by atoms with Crippen LogP contribution in [0.3, 0.4) is 0 Å². The normalized spacial score (nSPS) is 20.5. The Morgan fingerprint density at radius 2 is 2.25 bits per heavy atom. The third-order valence-electron chi connectivity index (χ3n) is 1.98. The van der Waals surface area contributed by atoms with Crippen LogP contribution in [0.1, 0.15) is 11.1 Å². The summed E-state index contributed by atoms with van der Waals surface area (Å²) in [5.74, 6) is 0. The van der Waals surface area contributed by atoms with Gasteiger partial charge in [-0.05, 0) is 5.56 Å². The van der Waals surface area contributed by atoms with Gasteiger partial charge in [0, 0.05) is 12.0 Å². The average molecular weight is 161 g/mol. The highest BCUT2D eigenvalue weighted by Gasteiger charge is 2.23. The molecule has 1 unspecified atom stereocenters. The van der Waals surface area contributed by atoms with Crippen LogP contribution < -0.4 is 0 Å². The Morgan fingerprint density at radius 3 is 2.92 bits per heavy atom. The second kappa shape index (κ2) is 3.07. The van der Waals surface area contributed by atoms with Crippen LogP contribution in [0.5, 0.6) is 0 Å². The van der Waals surface area contributed by atoms with Crippen molar-refractivity contribution in [3.63, 3.8) is 0 Å². The summed E-state index contributed by atoms with van der Waals surface area (Å²) in [5, 5.41) is 0. The van der Waals surface area contributed by atoms with Crippen LogP contribution in [0.25, 0.3) is 0 Å². The van der Waals surface area contributed by atoms with E-state index in [9.17, 15) is 4.79 Å². The highest BCUT2D eigenvalue weighted by Crippen LogP contribution is 2.17. The van der Waals surface area contributed by atoms with E-state index in [4.69, 9.17) is 4.74 Å². The summed E-state index contributed by atoms with van der Waals surface area (Å²) in [4.78, 5) is 10.5. The van der Waals surface area contributed by atoms with Crippen molar-refractivity contribution in [1.29, 1.82) is 0 Å². The number of hydrogen-bond donors (Lipinski definition) is 0. The minimum atomic E-state index is 0.333. The van der Waals surface area contributed by atoms with Crippen molar-refractivity contribution in [2.24, 2.45) is 0 Å². The van der Waals surface area contributed by atoms with Crippen molar-refractivity contribution in [1.82, 2.24) is 0 Å². The Morgan fingerprint density at radius 1 is 1.50 bits per heavy atom. The van der Waals surface area contributed by atoms with Gasteiger partial charge in [-0.3, -0.25) is 4.79 Å². The predicted molar refractivity (Wildman–Crippen MR) is 44.7 cm³/mol. The third kappa shape index (κ3) is 1.53. The molecule has 0 bridgehead atoms. The smallest absolute Gasteiger partial charge is 0.233 e. The molecule has 1 aliphatic heterocycles. The van der Waals surface area contributed by atoms with Gasteiger partial charge in [-0.2, -0.15) is 0 Å². The van der Waals surface area contributed by atoms with Crippen molar-refractivity contribution < 1.29 is 9.53 Å². The molecule has 61 valence electrons. The Balaban J connectivity index is 2.20. The van der Waals surface area contributed by atoms with E-state index in [2.05, 4.69) is 0 Å². The highest BCUT2D eigenvalue weighted by molar-refractivity contribution is 5.77. The summed E-state index contributed by atoms with van der Waals surface area (Å²) in [7, 11) is 0. The van der Waals surface area contributed by atoms with Crippen molar-refractivity contribution in [3.05, 3.63) is 35.4 Å². The van der Waals surface area contributed by atoms with Gasteiger partial charge in [-0.25, -0.2) is 0 Å². The van der Waals surface area contributed by atoms with Gasteiger partial charge in [-0.15, -0.1) is 0 Å². The molecule has 1 saturated heterocycles. The Labute approximate surface area is 71.2 Å². The average Bonchev–Trinajstić information content (AvgIpc) is 2.89. The minimum absolute atomic E-state index is 0.333. The summed E-state index contributed by atoms with van der Waals surface area (Å²) in [6, 6.07) is 7.50. The number of epoxide rings is 1. The molecule has 1 aromatic carbocycles. The van der Waals surface area contributed by atoms with E-state index in [0.717, 1.165) is 18.6 Å². The molecule has 2 nitrogen and oxygen atoms in total. The van der Waals surface area contributed by atoms with E-state index >= 15 is 0 Å². The van der Waals surface area contributed by atoms with Crippen LogP contribution in [-0.4, -0.2) is 19.0 Å². The second-order valence-electron chi connectivity index (χ2n) is 2.92. The minimum Gasteiger partial charge on any atom is -0.373 e. The molecule has 1 aliphatic rings. The van der Waals surface area contributed by atoms with Crippen LogP contribution in [-0.2, 0) is 16.0 Å². The quantitative estimate of drug-likeness (QED) is 0.621. The van der Waals surface area contributed by atoms with Gasteiger partial charge in [0.05, 0.1) is 12.7 Å². The molecule has 1 atom stereocenters. The van der Waals surface area contributed by atoms with E-state index in [0.29, 0.717) is 11.7 Å². The van der Waals surface area contributed by atoms with Crippen LogP contribution in [0.4, 0.5) is 0 Å². The van der Waals surface area contributed by atoms with Gasteiger partial charge >= 0.3 is 0 Å². The zero-order valence-electron chi connectivity index (χ0n) is 6.62. The maximum Gasteiger partial charge on any atom is 0.233 e. The first-order valence-electron chi connectivity index (χ1n) is 3.98. The summed E-state index contributed by atoms with van der Waals surface area (Å²) in [6.45, 7) is 0.827. The van der Waals surface area contributed by atoms with Gasteiger partial charge in [0.1, 0.15) is 0 Å². The number of benzene rings is 1. The van der Waals surface area contributed by atoms with E-state index in [1.165, 1.54) is 0 Å².